The number of thiazole rings is 1. The summed E-state index contributed by atoms with van der Waals surface area (Å²) in [5.74, 6) is -0.197. The second kappa shape index (κ2) is 4.41. The summed E-state index contributed by atoms with van der Waals surface area (Å²) in [6.07, 6.45) is 2.43. The first kappa shape index (κ1) is 11.4. The molecule has 1 N–H and O–H groups in total. The average molecular weight is 240 g/mol. The summed E-state index contributed by atoms with van der Waals surface area (Å²) in [5.41, 5.74) is 0.630. The first-order chi connectivity index (χ1) is 7.58. The van der Waals surface area contributed by atoms with Gasteiger partial charge < -0.3 is 10.0 Å². The van der Waals surface area contributed by atoms with E-state index in [-0.39, 0.29) is 0 Å². The highest BCUT2D eigenvalue weighted by atomic mass is 32.1. The van der Waals surface area contributed by atoms with Gasteiger partial charge >= 0.3 is 5.97 Å². The predicted molar refractivity (Wildman–Crippen MR) is 64.4 cm³/mol. The van der Waals surface area contributed by atoms with Gasteiger partial charge in [0.05, 0.1) is 5.69 Å². The molecule has 1 unspecified atom stereocenters. The van der Waals surface area contributed by atoms with Crippen LogP contribution in [0.1, 0.15) is 35.1 Å². The Kier molecular flexibility index (Phi) is 3.14. The monoisotopic (exact) mass is 240 g/mol. The Labute approximate surface area is 98.9 Å². The van der Waals surface area contributed by atoms with Gasteiger partial charge in [0.15, 0.2) is 5.13 Å². The van der Waals surface area contributed by atoms with Crippen molar-refractivity contribution in [2.24, 2.45) is 5.92 Å². The Balaban J connectivity index is 2.20. The lowest BCUT2D eigenvalue weighted by Crippen LogP contribution is -2.34. The number of nitrogens with zero attached hydrogens (tertiary/aromatic N) is 2. The number of hydrogen-bond donors (Lipinski definition) is 1. The van der Waals surface area contributed by atoms with Crippen molar-refractivity contribution in [3.8, 4) is 0 Å². The third kappa shape index (κ3) is 2.19. The zero-order chi connectivity index (χ0) is 11.7. The first-order valence-electron chi connectivity index (χ1n) is 5.53. The molecule has 0 aliphatic carbocycles. The van der Waals surface area contributed by atoms with Crippen molar-refractivity contribution in [2.75, 3.05) is 18.0 Å². The Morgan fingerprint density at radius 1 is 1.62 bits per heavy atom. The van der Waals surface area contributed by atoms with Gasteiger partial charge in [-0.3, -0.25) is 0 Å². The molecule has 1 saturated heterocycles. The van der Waals surface area contributed by atoms with E-state index in [1.165, 1.54) is 24.2 Å². The first-order valence-corrected chi connectivity index (χ1v) is 6.35. The van der Waals surface area contributed by atoms with E-state index < -0.39 is 5.97 Å². The van der Waals surface area contributed by atoms with E-state index in [9.17, 15) is 4.79 Å². The standard InChI is InChI=1S/C11H16N2O2S/c1-7-4-3-5-13(6-7)11-12-8(2)9(16-11)10(14)15/h7H,3-6H2,1-2H3,(H,14,15). The number of aromatic nitrogens is 1. The average Bonchev–Trinajstić information content (AvgIpc) is 2.60. The number of aryl methyl sites for hydroxylation is 1. The van der Waals surface area contributed by atoms with Crippen LogP contribution in [0.15, 0.2) is 0 Å². The van der Waals surface area contributed by atoms with Crippen LogP contribution in [0.3, 0.4) is 0 Å². The van der Waals surface area contributed by atoms with E-state index in [0.29, 0.717) is 16.5 Å². The number of anilines is 1. The van der Waals surface area contributed by atoms with Crippen LogP contribution in [0.4, 0.5) is 5.13 Å². The molecule has 1 aliphatic rings. The second-order valence-electron chi connectivity index (χ2n) is 4.41. The molecule has 5 heteroatoms. The molecule has 1 fully saturated rings. The summed E-state index contributed by atoms with van der Waals surface area (Å²) in [6, 6.07) is 0. The number of rotatable bonds is 2. The van der Waals surface area contributed by atoms with Crippen LogP contribution < -0.4 is 4.90 Å². The van der Waals surface area contributed by atoms with E-state index in [0.717, 1.165) is 18.2 Å². The number of aromatic carboxylic acids is 1. The molecule has 1 atom stereocenters. The quantitative estimate of drug-likeness (QED) is 0.862. The number of piperidine rings is 1. The van der Waals surface area contributed by atoms with Crippen LogP contribution in [0, 0.1) is 12.8 Å². The summed E-state index contributed by atoms with van der Waals surface area (Å²) >= 11 is 1.29. The van der Waals surface area contributed by atoms with Crippen LogP contribution in [0.25, 0.3) is 0 Å². The van der Waals surface area contributed by atoms with Gasteiger partial charge in [0.1, 0.15) is 4.88 Å². The third-order valence-corrected chi connectivity index (χ3v) is 4.11. The van der Waals surface area contributed by atoms with Gasteiger partial charge in [0.2, 0.25) is 0 Å². The highest BCUT2D eigenvalue weighted by Gasteiger charge is 2.22. The lowest BCUT2D eigenvalue weighted by atomic mass is 10.0. The lowest BCUT2D eigenvalue weighted by molar-refractivity contribution is 0.0701. The van der Waals surface area contributed by atoms with Gasteiger partial charge in [0.25, 0.3) is 0 Å². The zero-order valence-corrected chi connectivity index (χ0v) is 10.4. The maximum Gasteiger partial charge on any atom is 0.347 e. The van der Waals surface area contributed by atoms with Crippen molar-refractivity contribution in [3.05, 3.63) is 10.6 Å². The van der Waals surface area contributed by atoms with E-state index in [1.54, 1.807) is 6.92 Å². The van der Waals surface area contributed by atoms with E-state index >= 15 is 0 Å². The Bertz CT molecular complexity index is 403. The molecule has 0 aromatic carbocycles. The van der Waals surface area contributed by atoms with Crippen molar-refractivity contribution in [3.63, 3.8) is 0 Å². The summed E-state index contributed by atoms with van der Waals surface area (Å²) in [6.45, 7) is 5.98. The maximum atomic E-state index is 10.9. The Morgan fingerprint density at radius 2 is 2.38 bits per heavy atom. The molecule has 4 nitrogen and oxygen atoms in total. The molecule has 16 heavy (non-hydrogen) atoms. The molecule has 0 radical (unpaired) electrons. The minimum atomic E-state index is -0.869. The second-order valence-corrected chi connectivity index (χ2v) is 5.39. The van der Waals surface area contributed by atoms with E-state index in [1.807, 2.05) is 0 Å². The van der Waals surface area contributed by atoms with Crippen LogP contribution in [0.2, 0.25) is 0 Å². The van der Waals surface area contributed by atoms with Gasteiger partial charge in [-0.2, -0.15) is 0 Å². The summed E-state index contributed by atoms with van der Waals surface area (Å²) in [7, 11) is 0. The van der Waals surface area contributed by atoms with Crippen LogP contribution >= 0.6 is 11.3 Å². The van der Waals surface area contributed by atoms with Crippen molar-refractivity contribution in [1.29, 1.82) is 0 Å². The highest BCUT2D eigenvalue weighted by Crippen LogP contribution is 2.29. The Hall–Kier alpha value is -1.10. The lowest BCUT2D eigenvalue weighted by Gasteiger charge is -2.30. The highest BCUT2D eigenvalue weighted by molar-refractivity contribution is 7.17. The predicted octanol–water partition coefficient (Wildman–Crippen LogP) is 2.39. The molecule has 1 aromatic rings. The molecule has 2 heterocycles. The SMILES string of the molecule is Cc1nc(N2CCCC(C)C2)sc1C(=O)O. The molecule has 2 rings (SSSR count). The summed E-state index contributed by atoms with van der Waals surface area (Å²) in [4.78, 5) is 17.9. The molecule has 0 bridgehead atoms. The zero-order valence-electron chi connectivity index (χ0n) is 9.56. The molecule has 1 aromatic heterocycles. The van der Waals surface area contributed by atoms with Gasteiger partial charge in [-0.15, -0.1) is 0 Å². The third-order valence-electron chi connectivity index (χ3n) is 2.91. The van der Waals surface area contributed by atoms with Crippen molar-refractivity contribution in [2.45, 2.75) is 26.7 Å². The largest absolute Gasteiger partial charge is 0.477 e. The normalized spacial score (nSPS) is 21.1. The molecule has 0 saturated carbocycles. The van der Waals surface area contributed by atoms with E-state index in [4.69, 9.17) is 5.11 Å². The number of carboxylic acids is 1. The van der Waals surface area contributed by atoms with Crippen molar-refractivity contribution < 1.29 is 9.90 Å². The van der Waals surface area contributed by atoms with Gasteiger partial charge in [-0.1, -0.05) is 18.3 Å². The fourth-order valence-corrected chi connectivity index (χ4v) is 3.02. The summed E-state index contributed by atoms with van der Waals surface area (Å²) < 4.78 is 0. The molecular formula is C11H16N2O2S. The number of hydrogen-bond acceptors (Lipinski definition) is 4. The van der Waals surface area contributed by atoms with Gasteiger partial charge in [0, 0.05) is 13.1 Å². The smallest absolute Gasteiger partial charge is 0.347 e. The molecular weight excluding hydrogens is 224 g/mol. The number of carboxylic acid groups (broad SMARTS) is 1. The molecule has 0 spiro atoms. The van der Waals surface area contributed by atoms with Gasteiger partial charge in [-0.05, 0) is 25.7 Å². The molecule has 0 amide bonds. The number of carbonyl (C=O) groups is 1. The van der Waals surface area contributed by atoms with Crippen LogP contribution in [-0.2, 0) is 0 Å². The topological polar surface area (TPSA) is 53.4 Å². The summed E-state index contributed by atoms with van der Waals surface area (Å²) in [5, 5.41) is 9.84. The molecule has 88 valence electrons. The fourth-order valence-electron chi connectivity index (χ4n) is 2.08. The fraction of sp³-hybridized carbons (Fsp3) is 0.636. The maximum absolute atomic E-state index is 10.9. The van der Waals surface area contributed by atoms with Crippen molar-refractivity contribution >= 4 is 22.4 Å². The minimum Gasteiger partial charge on any atom is -0.477 e. The van der Waals surface area contributed by atoms with Crippen LogP contribution in [0.5, 0.6) is 0 Å². The Morgan fingerprint density at radius 3 is 2.94 bits per heavy atom. The van der Waals surface area contributed by atoms with E-state index in [2.05, 4.69) is 16.8 Å². The van der Waals surface area contributed by atoms with Crippen molar-refractivity contribution in [1.82, 2.24) is 4.98 Å². The molecule has 1 aliphatic heterocycles. The minimum absolute atomic E-state index is 0.369. The van der Waals surface area contributed by atoms with Gasteiger partial charge in [-0.25, -0.2) is 9.78 Å². The van der Waals surface area contributed by atoms with Crippen LogP contribution in [-0.4, -0.2) is 29.1 Å².